The highest BCUT2D eigenvalue weighted by Gasteiger charge is 2.36. The number of likely N-dealkylation sites (tertiary alicyclic amines) is 1. The number of hydrogen-bond donors (Lipinski definition) is 2. The summed E-state index contributed by atoms with van der Waals surface area (Å²) >= 11 is 0. The van der Waals surface area contributed by atoms with Crippen molar-refractivity contribution in [2.45, 2.75) is 78.1 Å². The molecule has 1 aliphatic heterocycles. The van der Waals surface area contributed by atoms with Crippen molar-refractivity contribution in [3.8, 4) is 0 Å². The number of imidazole rings is 1. The average molecular weight is 672 g/mol. The van der Waals surface area contributed by atoms with E-state index in [0.717, 1.165) is 24.0 Å². The summed E-state index contributed by atoms with van der Waals surface area (Å²) in [5.41, 5.74) is 2.59. The fraction of sp³-hybridized carbons (Fsp3) is 0.368. The van der Waals surface area contributed by atoms with Crippen LogP contribution in [0.2, 0.25) is 0 Å². The molecule has 9 nitrogen and oxygen atoms in total. The predicted octanol–water partition coefficient (Wildman–Crippen LogP) is 8.10. The molecule has 1 fully saturated rings. The SMILES string of the molecule is C=CC(=O)N1CCCC1Cn1c(NC(=O)c2ccc(C(F)F)cc2)nc2cc(C(Cc3ccccc3)N(C(=O)O)C(C)C(C)(C)C)ccc21. The summed E-state index contributed by atoms with van der Waals surface area (Å²) in [7, 11) is 0. The molecule has 0 spiro atoms. The van der Waals surface area contributed by atoms with Crippen LogP contribution in [0.5, 0.6) is 0 Å². The second-order valence-electron chi connectivity index (χ2n) is 13.6. The Bertz CT molecular complexity index is 1820. The van der Waals surface area contributed by atoms with Gasteiger partial charge in [-0.15, -0.1) is 0 Å². The highest BCUT2D eigenvalue weighted by Crippen LogP contribution is 2.36. The fourth-order valence-electron chi connectivity index (χ4n) is 6.43. The molecule has 3 aromatic carbocycles. The molecule has 3 unspecified atom stereocenters. The molecule has 0 bridgehead atoms. The van der Waals surface area contributed by atoms with Crippen molar-refractivity contribution in [1.82, 2.24) is 19.4 Å². The first kappa shape index (κ1) is 35.3. The molecule has 0 saturated carbocycles. The lowest BCUT2D eigenvalue weighted by Gasteiger charge is -2.41. The number of hydrogen-bond acceptors (Lipinski definition) is 4. The number of carboxylic acid groups (broad SMARTS) is 1. The fourth-order valence-corrected chi connectivity index (χ4v) is 6.43. The summed E-state index contributed by atoms with van der Waals surface area (Å²) in [6.45, 7) is 12.5. The van der Waals surface area contributed by atoms with E-state index < -0.39 is 24.5 Å². The van der Waals surface area contributed by atoms with Gasteiger partial charge in [-0.3, -0.25) is 19.8 Å². The van der Waals surface area contributed by atoms with Gasteiger partial charge in [0.25, 0.3) is 12.3 Å². The van der Waals surface area contributed by atoms with Gasteiger partial charge in [-0.25, -0.2) is 18.6 Å². The number of rotatable bonds is 11. The Morgan fingerprint density at radius 3 is 2.35 bits per heavy atom. The van der Waals surface area contributed by atoms with Crippen molar-refractivity contribution in [2.24, 2.45) is 5.41 Å². The van der Waals surface area contributed by atoms with E-state index in [1.807, 2.05) is 80.8 Å². The van der Waals surface area contributed by atoms with Crippen LogP contribution in [-0.2, 0) is 17.8 Å². The van der Waals surface area contributed by atoms with Gasteiger partial charge in [0.05, 0.1) is 23.1 Å². The predicted molar refractivity (Wildman–Crippen MR) is 186 cm³/mol. The van der Waals surface area contributed by atoms with E-state index in [2.05, 4.69) is 11.9 Å². The van der Waals surface area contributed by atoms with Crippen LogP contribution >= 0.6 is 0 Å². The minimum absolute atomic E-state index is 0.176. The van der Waals surface area contributed by atoms with Gasteiger partial charge < -0.3 is 14.6 Å². The standard InChI is InChI=1S/C38H43F2N5O4/c1-6-33(46)43-20-10-13-29(43)23-44-31-19-18-28(22-30(31)41-36(44)42-35(47)27-16-14-26(15-17-27)34(39)40)32(21-25-11-8-7-9-12-25)45(37(48)49)24(2)38(3,4)5/h6-9,11-12,14-19,22,24,29,32,34H,1,10,13,20-21,23H2,2-5H3,(H,48,49)(H,41,42,47). The van der Waals surface area contributed by atoms with E-state index in [4.69, 9.17) is 4.98 Å². The van der Waals surface area contributed by atoms with Crippen molar-refractivity contribution in [3.05, 3.63) is 108 Å². The van der Waals surface area contributed by atoms with Gasteiger partial charge in [0.2, 0.25) is 11.9 Å². The van der Waals surface area contributed by atoms with Crippen molar-refractivity contribution in [2.75, 3.05) is 11.9 Å². The summed E-state index contributed by atoms with van der Waals surface area (Å²) in [6, 6.07) is 19.4. The topological polar surface area (TPSA) is 108 Å². The highest BCUT2D eigenvalue weighted by atomic mass is 19.3. The molecule has 3 atom stereocenters. The van der Waals surface area contributed by atoms with Gasteiger partial charge in [-0.05, 0) is 73.1 Å². The number of fused-ring (bicyclic) bond motifs is 1. The summed E-state index contributed by atoms with van der Waals surface area (Å²) in [5, 5.41) is 13.4. The van der Waals surface area contributed by atoms with E-state index >= 15 is 0 Å². The molecule has 3 amide bonds. The second kappa shape index (κ2) is 14.6. The number of nitrogens with zero attached hydrogens (tertiary/aromatic N) is 4. The maximum absolute atomic E-state index is 13.4. The molecule has 0 aliphatic carbocycles. The van der Waals surface area contributed by atoms with Crippen LogP contribution in [0.15, 0.2) is 85.5 Å². The highest BCUT2D eigenvalue weighted by molar-refractivity contribution is 6.04. The van der Waals surface area contributed by atoms with Gasteiger partial charge in [-0.1, -0.05) is 75.9 Å². The molecule has 2 N–H and O–H groups in total. The van der Waals surface area contributed by atoms with Crippen LogP contribution in [0.3, 0.4) is 0 Å². The van der Waals surface area contributed by atoms with E-state index in [0.29, 0.717) is 30.5 Å². The Kier molecular flexibility index (Phi) is 10.5. The number of alkyl halides is 2. The quantitative estimate of drug-likeness (QED) is 0.157. The third-order valence-electron chi connectivity index (χ3n) is 9.53. The summed E-state index contributed by atoms with van der Waals surface area (Å²) < 4.78 is 28.1. The zero-order chi connectivity index (χ0) is 35.5. The Labute approximate surface area is 285 Å². The third-order valence-corrected chi connectivity index (χ3v) is 9.53. The van der Waals surface area contributed by atoms with Crippen molar-refractivity contribution in [3.63, 3.8) is 0 Å². The molecular weight excluding hydrogens is 628 g/mol. The van der Waals surface area contributed by atoms with Crippen LogP contribution in [0.25, 0.3) is 11.0 Å². The van der Waals surface area contributed by atoms with Crippen LogP contribution in [0.1, 0.15) is 80.1 Å². The zero-order valence-electron chi connectivity index (χ0n) is 28.3. The van der Waals surface area contributed by atoms with Crippen molar-refractivity contribution < 1.29 is 28.3 Å². The minimum Gasteiger partial charge on any atom is -0.465 e. The maximum atomic E-state index is 13.4. The number of benzene rings is 3. The molecule has 49 heavy (non-hydrogen) atoms. The smallest absolute Gasteiger partial charge is 0.408 e. The van der Waals surface area contributed by atoms with E-state index in [-0.39, 0.29) is 40.5 Å². The zero-order valence-corrected chi connectivity index (χ0v) is 28.3. The lowest BCUT2D eigenvalue weighted by atomic mass is 9.84. The molecule has 1 aliphatic rings. The molecule has 258 valence electrons. The summed E-state index contributed by atoms with van der Waals surface area (Å²) in [6.07, 6.45) is -0.403. The molecule has 1 aromatic heterocycles. The van der Waals surface area contributed by atoms with E-state index in [1.54, 1.807) is 4.90 Å². The molecule has 2 heterocycles. The van der Waals surface area contributed by atoms with Gasteiger partial charge >= 0.3 is 6.09 Å². The van der Waals surface area contributed by atoms with Crippen LogP contribution in [-0.4, -0.2) is 61.0 Å². The molecule has 1 saturated heterocycles. The molecular formula is C38H43F2N5O4. The summed E-state index contributed by atoms with van der Waals surface area (Å²) in [5.74, 6) is -0.476. The number of amides is 3. The largest absolute Gasteiger partial charge is 0.465 e. The number of anilines is 1. The Balaban J connectivity index is 1.59. The second-order valence-corrected chi connectivity index (χ2v) is 13.6. The molecule has 11 heteroatoms. The van der Waals surface area contributed by atoms with E-state index in [9.17, 15) is 28.3 Å². The first-order chi connectivity index (χ1) is 23.3. The monoisotopic (exact) mass is 671 g/mol. The number of aromatic nitrogens is 2. The lowest BCUT2D eigenvalue weighted by Crippen LogP contribution is -2.47. The van der Waals surface area contributed by atoms with Gasteiger partial charge in [-0.2, -0.15) is 0 Å². The van der Waals surface area contributed by atoms with Crippen LogP contribution in [0, 0.1) is 5.41 Å². The molecule has 0 radical (unpaired) electrons. The van der Waals surface area contributed by atoms with Crippen LogP contribution < -0.4 is 5.32 Å². The van der Waals surface area contributed by atoms with Gasteiger partial charge in [0, 0.05) is 30.3 Å². The number of halogens is 2. The number of nitrogens with one attached hydrogen (secondary N) is 1. The molecule has 4 aromatic rings. The van der Waals surface area contributed by atoms with Gasteiger partial charge in [0.1, 0.15) is 0 Å². The minimum atomic E-state index is -2.66. The normalized spacial score (nSPS) is 16.1. The third kappa shape index (κ3) is 7.82. The Morgan fingerprint density at radius 1 is 1.06 bits per heavy atom. The number of carbonyl (C=O) groups is 3. The van der Waals surface area contributed by atoms with Crippen LogP contribution in [0.4, 0.5) is 19.5 Å². The first-order valence-corrected chi connectivity index (χ1v) is 16.5. The first-order valence-electron chi connectivity index (χ1n) is 16.5. The van der Waals surface area contributed by atoms with Crippen molar-refractivity contribution >= 4 is 34.9 Å². The van der Waals surface area contributed by atoms with Gasteiger partial charge in [0.15, 0.2) is 0 Å². The Hall–Kier alpha value is -5.06. The summed E-state index contributed by atoms with van der Waals surface area (Å²) in [4.78, 5) is 47.1. The maximum Gasteiger partial charge on any atom is 0.408 e. The number of carbonyl (C=O) groups excluding carboxylic acids is 2. The Morgan fingerprint density at radius 2 is 1.73 bits per heavy atom. The average Bonchev–Trinajstić information content (AvgIpc) is 3.68. The lowest BCUT2D eigenvalue weighted by molar-refractivity contribution is -0.126. The molecule has 5 rings (SSSR count). The van der Waals surface area contributed by atoms with E-state index in [1.165, 1.54) is 35.2 Å². The van der Waals surface area contributed by atoms with Crippen molar-refractivity contribution in [1.29, 1.82) is 0 Å².